The van der Waals surface area contributed by atoms with Crippen molar-refractivity contribution in [1.29, 1.82) is 0 Å². The largest absolute Gasteiger partial charge is 0.481 e. The van der Waals surface area contributed by atoms with Gasteiger partial charge in [-0.1, -0.05) is 12.7 Å². The summed E-state index contributed by atoms with van der Waals surface area (Å²) in [6.45, 7) is 3.56. The molecule has 12 heavy (non-hydrogen) atoms. The first-order chi connectivity index (χ1) is 5.81. The van der Waals surface area contributed by atoms with Crippen molar-refractivity contribution in [3.63, 3.8) is 0 Å². The second-order valence-corrected chi connectivity index (χ2v) is 2.15. The maximum atomic E-state index is 10.5. The van der Waals surface area contributed by atoms with E-state index in [4.69, 9.17) is 4.74 Å². The van der Waals surface area contributed by atoms with Crippen LogP contribution in [0.25, 0.3) is 6.08 Å². The number of pyridine rings is 1. The third-order valence-corrected chi connectivity index (χ3v) is 1.47. The topological polar surface area (TPSA) is 39.2 Å². The minimum absolute atomic E-state index is 0.351. The summed E-state index contributed by atoms with van der Waals surface area (Å²) in [6, 6.07) is 3.42. The molecule has 0 bridgehead atoms. The smallest absolute Gasteiger partial charge is 0.213 e. The van der Waals surface area contributed by atoms with Crippen molar-refractivity contribution in [2.75, 3.05) is 7.11 Å². The molecule has 0 atom stereocenters. The van der Waals surface area contributed by atoms with E-state index < -0.39 is 0 Å². The van der Waals surface area contributed by atoms with E-state index in [0.29, 0.717) is 23.4 Å². The molecule has 0 aromatic carbocycles. The molecule has 0 fully saturated rings. The molecule has 1 rings (SSSR count). The molecule has 0 aliphatic carbocycles. The maximum Gasteiger partial charge on any atom is 0.213 e. The van der Waals surface area contributed by atoms with Crippen LogP contribution in [0, 0.1) is 0 Å². The van der Waals surface area contributed by atoms with Gasteiger partial charge in [0, 0.05) is 11.6 Å². The number of carbonyl (C=O) groups is 1. The predicted octanol–water partition coefficient (Wildman–Crippen LogP) is 1.55. The summed E-state index contributed by atoms with van der Waals surface area (Å²) in [6.07, 6.45) is 2.26. The van der Waals surface area contributed by atoms with Crippen molar-refractivity contribution in [3.8, 4) is 5.88 Å². The van der Waals surface area contributed by atoms with Crippen molar-refractivity contribution >= 4 is 12.4 Å². The average Bonchev–Trinajstić information content (AvgIpc) is 2.16. The molecule has 0 saturated heterocycles. The van der Waals surface area contributed by atoms with Crippen LogP contribution in [0.4, 0.5) is 0 Å². The quantitative estimate of drug-likeness (QED) is 0.634. The molecule has 0 N–H and O–H groups in total. The lowest BCUT2D eigenvalue weighted by Crippen LogP contribution is -1.94. The van der Waals surface area contributed by atoms with Gasteiger partial charge in [-0.2, -0.15) is 0 Å². The van der Waals surface area contributed by atoms with Crippen molar-refractivity contribution in [1.82, 2.24) is 4.98 Å². The number of methoxy groups -OCH3 is 1. The van der Waals surface area contributed by atoms with Gasteiger partial charge in [0.05, 0.1) is 7.11 Å². The molecule has 0 saturated carbocycles. The van der Waals surface area contributed by atoms with Crippen LogP contribution in [0.2, 0.25) is 0 Å². The van der Waals surface area contributed by atoms with Crippen LogP contribution < -0.4 is 4.74 Å². The zero-order chi connectivity index (χ0) is 8.97. The summed E-state index contributed by atoms with van der Waals surface area (Å²) in [5, 5.41) is 0. The van der Waals surface area contributed by atoms with Gasteiger partial charge in [0.1, 0.15) is 5.69 Å². The highest BCUT2D eigenvalue weighted by molar-refractivity contribution is 5.79. The number of hydrogen-bond donors (Lipinski definition) is 0. The lowest BCUT2D eigenvalue weighted by atomic mass is 10.2. The summed E-state index contributed by atoms with van der Waals surface area (Å²) in [5.41, 5.74) is 1.06. The highest BCUT2D eigenvalue weighted by Gasteiger charge is 2.00. The first kappa shape index (κ1) is 8.46. The first-order valence-electron chi connectivity index (χ1n) is 3.44. The summed E-state index contributed by atoms with van der Waals surface area (Å²) < 4.78 is 4.85. The molecule has 0 amide bonds. The van der Waals surface area contributed by atoms with Crippen LogP contribution in [-0.2, 0) is 0 Å². The summed E-state index contributed by atoms with van der Waals surface area (Å²) >= 11 is 0. The highest BCUT2D eigenvalue weighted by atomic mass is 16.5. The SMILES string of the molecule is C=Cc1ccc(OC)nc1C=O. The van der Waals surface area contributed by atoms with E-state index in [2.05, 4.69) is 11.6 Å². The van der Waals surface area contributed by atoms with E-state index in [-0.39, 0.29) is 0 Å². The zero-order valence-electron chi connectivity index (χ0n) is 6.78. The molecule has 0 spiro atoms. The first-order valence-corrected chi connectivity index (χ1v) is 3.44. The second kappa shape index (κ2) is 3.67. The van der Waals surface area contributed by atoms with Crippen molar-refractivity contribution < 1.29 is 9.53 Å². The lowest BCUT2D eigenvalue weighted by Gasteiger charge is -2.00. The Kier molecular flexibility index (Phi) is 2.58. The van der Waals surface area contributed by atoms with E-state index in [0.717, 1.165) is 0 Å². The summed E-state index contributed by atoms with van der Waals surface area (Å²) in [7, 11) is 1.50. The monoisotopic (exact) mass is 163 g/mol. The molecule has 1 aromatic heterocycles. The zero-order valence-corrected chi connectivity index (χ0v) is 6.78. The number of rotatable bonds is 3. The Morgan fingerprint density at radius 2 is 2.33 bits per heavy atom. The lowest BCUT2D eigenvalue weighted by molar-refractivity contribution is 0.111. The third-order valence-electron chi connectivity index (χ3n) is 1.47. The van der Waals surface area contributed by atoms with E-state index in [1.165, 1.54) is 7.11 Å². The predicted molar refractivity (Wildman–Crippen MR) is 46.3 cm³/mol. The number of aldehydes is 1. The van der Waals surface area contributed by atoms with Crippen molar-refractivity contribution in [2.24, 2.45) is 0 Å². The molecular formula is C9H9NO2. The van der Waals surface area contributed by atoms with Gasteiger partial charge in [-0.05, 0) is 6.07 Å². The van der Waals surface area contributed by atoms with Gasteiger partial charge >= 0.3 is 0 Å². The number of hydrogen-bond acceptors (Lipinski definition) is 3. The number of carbonyl (C=O) groups excluding carboxylic acids is 1. The van der Waals surface area contributed by atoms with Gasteiger partial charge in [-0.3, -0.25) is 4.79 Å². The van der Waals surface area contributed by atoms with Crippen LogP contribution >= 0.6 is 0 Å². The molecule has 0 aliphatic rings. The van der Waals surface area contributed by atoms with Gasteiger partial charge in [0.15, 0.2) is 6.29 Å². The van der Waals surface area contributed by atoms with Crippen molar-refractivity contribution in [3.05, 3.63) is 30.0 Å². The molecule has 3 heteroatoms. The van der Waals surface area contributed by atoms with E-state index in [1.54, 1.807) is 18.2 Å². The fourth-order valence-electron chi connectivity index (χ4n) is 0.848. The molecule has 62 valence electrons. The molecule has 0 unspecified atom stereocenters. The number of nitrogens with zero attached hydrogens (tertiary/aromatic N) is 1. The minimum Gasteiger partial charge on any atom is -0.481 e. The Bertz CT molecular complexity index is 307. The molecule has 0 radical (unpaired) electrons. The molecule has 1 heterocycles. The van der Waals surface area contributed by atoms with Gasteiger partial charge in [0.2, 0.25) is 5.88 Å². The van der Waals surface area contributed by atoms with Gasteiger partial charge in [0.25, 0.3) is 0 Å². The Balaban J connectivity index is 3.18. The Morgan fingerprint density at radius 1 is 1.58 bits per heavy atom. The molecule has 1 aromatic rings. The molecule has 0 aliphatic heterocycles. The van der Waals surface area contributed by atoms with Crippen molar-refractivity contribution in [2.45, 2.75) is 0 Å². The van der Waals surface area contributed by atoms with Gasteiger partial charge in [-0.25, -0.2) is 4.98 Å². The molecular weight excluding hydrogens is 154 g/mol. The van der Waals surface area contributed by atoms with E-state index >= 15 is 0 Å². The van der Waals surface area contributed by atoms with E-state index in [1.807, 2.05) is 0 Å². The Hall–Kier alpha value is -1.64. The third kappa shape index (κ3) is 1.50. The van der Waals surface area contributed by atoms with Crippen LogP contribution in [-0.4, -0.2) is 18.4 Å². The highest BCUT2D eigenvalue weighted by Crippen LogP contribution is 2.11. The maximum absolute atomic E-state index is 10.5. The minimum atomic E-state index is 0.351. The molecule has 3 nitrogen and oxygen atoms in total. The summed E-state index contributed by atoms with van der Waals surface area (Å²) in [4.78, 5) is 14.4. The standard InChI is InChI=1S/C9H9NO2/c1-3-7-4-5-9(12-2)10-8(7)6-11/h3-6H,1H2,2H3. The number of aromatic nitrogens is 1. The van der Waals surface area contributed by atoms with Crippen LogP contribution in [0.3, 0.4) is 0 Å². The average molecular weight is 163 g/mol. The second-order valence-electron chi connectivity index (χ2n) is 2.15. The fraction of sp³-hybridized carbons (Fsp3) is 0.111. The van der Waals surface area contributed by atoms with Gasteiger partial charge in [-0.15, -0.1) is 0 Å². The Labute approximate surface area is 70.7 Å². The van der Waals surface area contributed by atoms with Crippen LogP contribution in [0.1, 0.15) is 16.1 Å². The summed E-state index contributed by atoms with van der Waals surface area (Å²) in [5.74, 6) is 0.433. The van der Waals surface area contributed by atoms with E-state index in [9.17, 15) is 4.79 Å². The fourth-order valence-corrected chi connectivity index (χ4v) is 0.848. The van der Waals surface area contributed by atoms with Gasteiger partial charge < -0.3 is 4.74 Å². The van der Waals surface area contributed by atoms with Crippen LogP contribution in [0.15, 0.2) is 18.7 Å². The van der Waals surface area contributed by atoms with Crippen LogP contribution in [0.5, 0.6) is 5.88 Å². The number of ether oxygens (including phenoxy) is 1. The normalized spacial score (nSPS) is 9.08. The Morgan fingerprint density at radius 3 is 2.83 bits per heavy atom.